The lowest BCUT2D eigenvalue weighted by molar-refractivity contribution is 0.171. The largest absolute Gasteiger partial charge is 0.299 e. The Hall–Kier alpha value is -0.0400. The van der Waals surface area contributed by atoms with Gasteiger partial charge in [-0.25, -0.2) is 0 Å². The molecule has 0 aromatic rings. The van der Waals surface area contributed by atoms with Crippen LogP contribution in [0.1, 0.15) is 105 Å². The van der Waals surface area contributed by atoms with Crippen molar-refractivity contribution in [2.24, 2.45) is 0 Å². The molecule has 0 aliphatic carbocycles. The van der Waals surface area contributed by atoms with Gasteiger partial charge in [0.15, 0.2) is 0 Å². The molecular weight excluding hydrogens is 242 g/mol. The smallest absolute Gasteiger partial charge is 0.00412 e. The van der Waals surface area contributed by atoms with Crippen LogP contribution < -0.4 is 0 Å². The summed E-state index contributed by atoms with van der Waals surface area (Å²) in [4.78, 5) is 2.62. The normalized spacial score (nSPS) is 12.0. The van der Waals surface area contributed by atoms with Crippen LogP contribution >= 0.6 is 0 Å². The number of unbranched alkanes of at least 4 members (excludes halogenated alkanes) is 10. The van der Waals surface area contributed by atoms with E-state index in [9.17, 15) is 0 Å². The topological polar surface area (TPSA) is 3.24 Å². The summed E-state index contributed by atoms with van der Waals surface area (Å²) < 4.78 is 0. The van der Waals surface area contributed by atoms with E-state index in [1.807, 2.05) is 0 Å². The van der Waals surface area contributed by atoms with E-state index in [1.54, 1.807) is 0 Å². The first-order valence-corrected chi connectivity index (χ1v) is 9.35. The predicted octanol–water partition coefficient (Wildman–Crippen LogP) is 6.42. The molecule has 0 amide bonds. The Labute approximate surface area is 129 Å². The van der Waals surface area contributed by atoms with E-state index in [0.717, 1.165) is 0 Å². The molecule has 0 unspecified atom stereocenters. The monoisotopic (exact) mass is 283 g/mol. The summed E-state index contributed by atoms with van der Waals surface area (Å²) in [6, 6.07) is 1.39. The van der Waals surface area contributed by atoms with Crippen molar-refractivity contribution in [3.8, 4) is 0 Å². The zero-order chi connectivity index (χ0) is 15.2. The van der Waals surface area contributed by atoms with Crippen molar-refractivity contribution < 1.29 is 0 Å². The van der Waals surface area contributed by atoms with Crippen molar-refractivity contribution in [1.82, 2.24) is 4.90 Å². The molecule has 0 aliphatic heterocycles. The zero-order valence-electron chi connectivity index (χ0n) is 15.1. The van der Waals surface area contributed by atoms with Crippen LogP contribution in [0.3, 0.4) is 0 Å². The Morgan fingerprint density at radius 3 is 1.25 bits per heavy atom. The van der Waals surface area contributed by atoms with Crippen LogP contribution in [0, 0.1) is 0 Å². The molecule has 0 N–H and O–H groups in total. The Kier molecular flexibility index (Phi) is 13.9. The average molecular weight is 284 g/mol. The van der Waals surface area contributed by atoms with Gasteiger partial charge < -0.3 is 0 Å². The predicted molar refractivity (Wildman–Crippen MR) is 93.4 cm³/mol. The standard InChI is InChI=1S/C19H41N/c1-6-7-8-9-10-11-12-13-14-15-16-17-20(18(2)3)19(4)5/h18-19H,6-17H2,1-5H3. The van der Waals surface area contributed by atoms with Crippen molar-refractivity contribution in [1.29, 1.82) is 0 Å². The van der Waals surface area contributed by atoms with Crippen molar-refractivity contribution in [3.63, 3.8) is 0 Å². The van der Waals surface area contributed by atoms with E-state index in [0.29, 0.717) is 12.1 Å². The second-order valence-corrected chi connectivity index (χ2v) is 6.96. The summed E-state index contributed by atoms with van der Waals surface area (Å²) in [5.41, 5.74) is 0. The maximum absolute atomic E-state index is 2.62. The van der Waals surface area contributed by atoms with Gasteiger partial charge in [-0.05, 0) is 40.7 Å². The molecular formula is C19H41N. The van der Waals surface area contributed by atoms with Gasteiger partial charge in [-0.15, -0.1) is 0 Å². The third kappa shape index (κ3) is 11.8. The molecule has 1 heteroatoms. The van der Waals surface area contributed by atoms with Gasteiger partial charge in [0.25, 0.3) is 0 Å². The molecule has 0 aromatic heterocycles. The maximum Gasteiger partial charge on any atom is 0.00412 e. The van der Waals surface area contributed by atoms with Crippen LogP contribution in [-0.4, -0.2) is 23.5 Å². The van der Waals surface area contributed by atoms with E-state index >= 15 is 0 Å². The quantitative estimate of drug-likeness (QED) is 0.333. The maximum atomic E-state index is 2.62. The summed E-state index contributed by atoms with van der Waals surface area (Å²) in [6.45, 7) is 12.8. The summed E-state index contributed by atoms with van der Waals surface area (Å²) in [6.07, 6.45) is 15.8. The molecule has 0 spiro atoms. The van der Waals surface area contributed by atoms with Crippen LogP contribution in [0.2, 0.25) is 0 Å². The molecule has 122 valence electrons. The first kappa shape index (κ1) is 20.0. The van der Waals surface area contributed by atoms with Crippen LogP contribution in [0.4, 0.5) is 0 Å². The highest BCUT2D eigenvalue weighted by Gasteiger charge is 2.11. The van der Waals surface area contributed by atoms with Gasteiger partial charge in [0.2, 0.25) is 0 Å². The van der Waals surface area contributed by atoms with E-state index in [4.69, 9.17) is 0 Å². The van der Waals surface area contributed by atoms with Crippen molar-refractivity contribution >= 4 is 0 Å². The molecule has 0 heterocycles. The SMILES string of the molecule is CCCCCCCCCCCCCN(C(C)C)C(C)C. The van der Waals surface area contributed by atoms with E-state index in [2.05, 4.69) is 39.5 Å². The van der Waals surface area contributed by atoms with Crippen LogP contribution in [0.15, 0.2) is 0 Å². The van der Waals surface area contributed by atoms with E-state index in [1.165, 1.54) is 77.2 Å². The van der Waals surface area contributed by atoms with Crippen molar-refractivity contribution in [3.05, 3.63) is 0 Å². The third-order valence-corrected chi connectivity index (χ3v) is 4.35. The minimum atomic E-state index is 0.693. The van der Waals surface area contributed by atoms with Crippen LogP contribution in [0.25, 0.3) is 0 Å². The number of nitrogens with zero attached hydrogens (tertiary/aromatic N) is 1. The van der Waals surface area contributed by atoms with Gasteiger partial charge in [0.1, 0.15) is 0 Å². The molecule has 0 atom stereocenters. The highest BCUT2D eigenvalue weighted by atomic mass is 15.2. The molecule has 0 aliphatic rings. The molecule has 0 radical (unpaired) electrons. The van der Waals surface area contributed by atoms with Crippen molar-refractivity contribution in [2.75, 3.05) is 6.54 Å². The second-order valence-electron chi connectivity index (χ2n) is 6.96. The summed E-state index contributed by atoms with van der Waals surface area (Å²) in [5, 5.41) is 0. The van der Waals surface area contributed by atoms with Gasteiger partial charge in [-0.2, -0.15) is 0 Å². The Bertz CT molecular complexity index is 178. The minimum Gasteiger partial charge on any atom is -0.299 e. The van der Waals surface area contributed by atoms with Gasteiger partial charge in [-0.1, -0.05) is 71.1 Å². The molecule has 0 saturated carbocycles. The lowest BCUT2D eigenvalue weighted by atomic mass is 10.1. The molecule has 0 aromatic carbocycles. The molecule has 0 bridgehead atoms. The summed E-state index contributed by atoms with van der Waals surface area (Å²) in [7, 11) is 0. The van der Waals surface area contributed by atoms with E-state index < -0.39 is 0 Å². The minimum absolute atomic E-state index is 0.693. The molecule has 0 fully saturated rings. The Balaban J connectivity index is 3.27. The fourth-order valence-electron chi connectivity index (χ4n) is 3.07. The third-order valence-electron chi connectivity index (χ3n) is 4.35. The lowest BCUT2D eigenvalue weighted by Gasteiger charge is -2.30. The highest BCUT2D eigenvalue weighted by molar-refractivity contribution is 4.67. The summed E-state index contributed by atoms with van der Waals surface area (Å²) >= 11 is 0. The van der Waals surface area contributed by atoms with Crippen LogP contribution in [-0.2, 0) is 0 Å². The first-order valence-electron chi connectivity index (χ1n) is 9.35. The molecule has 1 nitrogen and oxygen atoms in total. The molecule has 20 heavy (non-hydrogen) atoms. The number of hydrogen-bond donors (Lipinski definition) is 0. The fraction of sp³-hybridized carbons (Fsp3) is 1.00. The van der Waals surface area contributed by atoms with Gasteiger partial charge in [0, 0.05) is 12.1 Å². The van der Waals surface area contributed by atoms with E-state index in [-0.39, 0.29) is 0 Å². The van der Waals surface area contributed by atoms with Gasteiger partial charge >= 0.3 is 0 Å². The van der Waals surface area contributed by atoms with Gasteiger partial charge in [-0.3, -0.25) is 4.90 Å². The van der Waals surface area contributed by atoms with Crippen molar-refractivity contribution in [2.45, 2.75) is 117 Å². The Morgan fingerprint density at radius 2 is 0.900 bits per heavy atom. The fourth-order valence-corrected chi connectivity index (χ4v) is 3.07. The zero-order valence-corrected chi connectivity index (χ0v) is 15.1. The average Bonchev–Trinajstić information content (AvgIpc) is 2.39. The molecule has 0 rings (SSSR count). The van der Waals surface area contributed by atoms with Crippen LogP contribution in [0.5, 0.6) is 0 Å². The molecule has 0 saturated heterocycles. The first-order chi connectivity index (χ1) is 9.59. The lowest BCUT2D eigenvalue weighted by Crippen LogP contribution is -2.37. The van der Waals surface area contributed by atoms with Gasteiger partial charge in [0.05, 0.1) is 0 Å². The Morgan fingerprint density at radius 1 is 0.550 bits per heavy atom. The highest BCUT2D eigenvalue weighted by Crippen LogP contribution is 2.12. The number of rotatable bonds is 14. The number of hydrogen-bond acceptors (Lipinski definition) is 1. The second kappa shape index (κ2) is 13.9. The summed E-state index contributed by atoms with van der Waals surface area (Å²) in [5.74, 6) is 0.